The predicted molar refractivity (Wildman–Crippen MR) is 91.2 cm³/mol. The van der Waals surface area contributed by atoms with E-state index in [9.17, 15) is 10.4 Å². The zero-order chi connectivity index (χ0) is 17.0. The minimum absolute atomic E-state index is 0. The van der Waals surface area contributed by atoms with Crippen molar-refractivity contribution < 1.29 is 54.0 Å². The van der Waals surface area contributed by atoms with Crippen LogP contribution in [-0.4, -0.2) is 23.7 Å². The topological polar surface area (TPSA) is 83.3 Å². The van der Waals surface area contributed by atoms with Crippen molar-refractivity contribution in [3.05, 3.63) is 54.1 Å². The average molecular weight is 371 g/mol. The van der Waals surface area contributed by atoms with Crippen LogP contribution in [0, 0.1) is 0 Å². The molecule has 8 heteroatoms. The molecular weight excluding hydrogens is 353 g/mol. The Morgan fingerprint density at radius 1 is 1.04 bits per heavy atom. The third-order valence-corrected chi connectivity index (χ3v) is 3.67. The Hall–Kier alpha value is -1.06. The van der Waals surface area contributed by atoms with Crippen LogP contribution in [0.4, 0.5) is 5.69 Å². The van der Waals surface area contributed by atoms with Crippen LogP contribution < -0.4 is 39.6 Å². The van der Waals surface area contributed by atoms with Crippen molar-refractivity contribution in [1.29, 1.82) is 0 Å². The first-order valence-electron chi connectivity index (χ1n) is 7.42. The zero-order valence-corrected chi connectivity index (χ0v) is 16.8. The molecule has 2 aromatic rings. The zero-order valence-electron chi connectivity index (χ0n) is 14.0. The number of aliphatic imine (C=N–C) groups is 1. The van der Waals surface area contributed by atoms with E-state index in [1.165, 1.54) is 0 Å². The molecule has 0 saturated carbocycles. The van der Waals surface area contributed by atoms with Gasteiger partial charge in [-0.2, -0.15) is 4.33 Å². The summed E-state index contributed by atoms with van der Waals surface area (Å²) >= 11 is 0.986. The SMILES string of the molecule is [Na+].[O-]OOSCCCCOc1ccc(N=Cc2ccc(O)cc2)cc1. The van der Waals surface area contributed by atoms with Gasteiger partial charge in [-0.15, -0.1) is 0 Å². The van der Waals surface area contributed by atoms with Gasteiger partial charge in [0.05, 0.1) is 12.3 Å². The van der Waals surface area contributed by atoms with E-state index < -0.39 is 0 Å². The molecule has 1 N–H and O–H groups in total. The molecule has 0 aliphatic rings. The quantitative estimate of drug-likeness (QED) is 0.160. The second-order valence-corrected chi connectivity index (χ2v) is 5.64. The second kappa shape index (κ2) is 13.2. The van der Waals surface area contributed by atoms with E-state index in [1.807, 2.05) is 24.3 Å². The van der Waals surface area contributed by atoms with Crippen LogP contribution in [0.25, 0.3) is 0 Å². The van der Waals surface area contributed by atoms with Crippen molar-refractivity contribution in [3.8, 4) is 11.5 Å². The monoisotopic (exact) mass is 371 g/mol. The number of hydrogen-bond donors (Lipinski definition) is 1. The van der Waals surface area contributed by atoms with Gasteiger partial charge in [0, 0.05) is 24.0 Å². The normalized spacial score (nSPS) is 10.6. The van der Waals surface area contributed by atoms with E-state index in [2.05, 4.69) is 14.4 Å². The van der Waals surface area contributed by atoms with E-state index in [1.54, 1.807) is 30.5 Å². The molecule has 0 radical (unpaired) electrons. The van der Waals surface area contributed by atoms with Crippen molar-refractivity contribution in [2.45, 2.75) is 12.8 Å². The number of unbranched alkanes of at least 4 members (excludes halogenated alkanes) is 1. The number of nitrogens with zero attached hydrogens (tertiary/aromatic N) is 1. The van der Waals surface area contributed by atoms with E-state index in [-0.39, 0.29) is 35.3 Å². The Kier molecular flexibility index (Phi) is 11.6. The maximum absolute atomic E-state index is 9.58. The molecule has 0 fully saturated rings. The van der Waals surface area contributed by atoms with Crippen molar-refractivity contribution in [2.75, 3.05) is 12.4 Å². The predicted octanol–water partition coefficient (Wildman–Crippen LogP) is 0.178. The molecule has 0 atom stereocenters. The summed E-state index contributed by atoms with van der Waals surface area (Å²) in [6.45, 7) is 0.592. The number of aromatic hydroxyl groups is 1. The number of benzene rings is 2. The molecule has 0 heterocycles. The first-order valence-corrected chi connectivity index (χ1v) is 8.33. The smallest absolute Gasteiger partial charge is 0.691 e. The van der Waals surface area contributed by atoms with Gasteiger partial charge < -0.3 is 15.1 Å². The molecule has 0 saturated heterocycles. The largest absolute Gasteiger partial charge is 1.00 e. The fourth-order valence-corrected chi connectivity index (χ4v) is 2.27. The molecular formula is C17H18NNaO5S. The fourth-order valence-electron chi connectivity index (χ4n) is 1.84. The molecule has 0 amide bonds. The average Bonchev–Trinajstić information content (AvgIpc) is 2.61. The van der Waals surface area contributed by atoms with Crippen LogP contribution in [0.5, 0.6) is 11.5 Å². The van der Waals surface area contributed by atoms with E-state index in [0.717, 1.165) is 41.9 Å². The van der Waals surface area contributed by atoms with Crippen molar-refractivity contribution >= 4 is 23.9 Å². The molecule has 0 aromatic heterocycles. The van der Waals surface area contributed by atoms with Crippen LogP contribution >= 0.6 is 12.0 Å². The third-order valence-electron chi connectivity index (χ3n) is 3.06. The third kappa shape index (κ3) is 9.27. The molecule has 6 nitrogen and oxygen atoms in total. The summed E-state index contributed by atoms with van der Waals surface area (Å²) in [7, 11) is 0. The van der Waals surface area contributed by atoms with E-state index in [0.29, 0.717) is 12.4 Å². The Morgan fingerprint density at radius 3 is 2.44 bits per heavy atom. The number of hydrogen-bond acceptors (Lipinski definition) is 7. The summed E-state index contributed by atoms with van der Waals surface area (Å²) in [6.07, 6.45) is 3.46. The Labute approximate surface area is 173 Å². The van der Waals surface area contributed by atoms with Gasteiger partial charge in [0.2, 0.25) is 0 Å². The Balaban J connectivity index is 0.00000312. The van der Waals surface area contributed by atoms with Gasteiger partial charge in [0.1, 0.15) is 11.5 Å². The molecule has 0 aliphatic carbocycles. The molecule has 0 spiro atoms. The van der Waals surface area contributed by atoms with Gasteiger partial charge in [-0.25, -0.2) is 0 Å². The molecule has 0 aliphatic heterocycles. The van der Waals surface area contributed by atoms with Gasteiger partial charge in [-0.3, -0.25) is 10.0 Å². The summed E-state index contributed by atoms with van der Waals surface area (Å²) in [5, 5.41) is 22.1. The first kappa shape index (κ1) is 22.0. The van der Waals surface area contributed by atoms with Crippen LogP contribution in [0.2, 0.25) is 0 Å². The number of phenolic OH excluding ortho intramolecular Hbond substituents is 1. The standard InChI is InChI=1S/C17H19NO5S.Na/c19-16-7-3-14(4-8-16)13-18-15-5-9-17(10-6-15)21-11-1-2-12-24-23-22-20;/h3-10,13,19-20H,1-2,11-12H2;/q;+1/p-1. The molecule has 0 bridgehead atoms. The van der Waals surface area contributed by atoms with Gasteiger partial charge in [0.25, 0.3) is 0 Å². The molecule has 2 rings (SSSR count). The van der Waals surface area contributed by atoms with Gasteiger partial charge in [-0.05, 0) is 66.9 Å². The molecule has 128 valence electrons. The van der Waals surface area contributed by atoms with Crippen LogP contribution in [0.1, 0.15) is 18.4 Å². The second-order valence-electron chi connectivity index (χ2n) is 4.86. The summed E-state index contributed by atoms with van der Waals surface area (Å²) in [6, 6.07) is 14.3. The maximum Gasteiger partial charge on any atom is 1.00 e. The summed E-state index contributed by atoms with van der Waals surface area (Å²) in [5.74, 6) is 1.69. The van der Waals surface area contributed by atoms with Crippen molar-refractivity contribution in [1.82, 2.24) is 0 Å². The van der Waals surface area contributed by atoms with E-state index >= 15 is 0 Å². The summed E-state index contributed by atoms with van der Waals surface area (Å²) < 4.78 is 9.79. The van der Waals surface area contributed by atoms with Gasteiger partial charge in [-0.1, -0.05) is 0 Å². The van der Waals surface area contributed by atoms with Crippen LogP contribution in [-0.2, 0) is 9.37 Å². The first-order chi connectivity index (χ1) is 11.8. The minimum atomic E-state index is 0. The number of phenols is 1. The molecule has 25 heavy (non-hydrogen) atoms. The molecule has 2 aromatic carbocycles. The van der Waals surface area contributed by atoms with E-state index in [4.69, 9.17) is 4.74 Å². The van der Waals surface area contributed by atoms with Gasteiger partial charge in [0.15, 0.2) is 0 Å². The van der Waals surface area contributed by atoms with Crippen molar-refractivity contribution in [3.63, 3.8) is 0 Å². The molecule has 0 unspecified atom stereocenters. The summed E-state index contributed by atoms with van der Waals surface area (Å²) in [4.78, 5) is 4.37. The number of ether oxygens (including phenoxy) is 1. The minimum Gasteiger partial charge on any atom is -0.691 e. The Morgan fingerprint density at radius 2 is 1.76 bits per heavy atom. The van der Waals surface area contributed by atoms with Crippen LogP contribution in [0.15, 0.2) is 53.5 Å². The van der Waals surface area contributed by atoms with Crippen LogP contribution in [0.3, 0.4) is 0 Å². The number of rotatable bonds is 10. The summed E-state index contributed by atoms with van der Waals surface area (Å²) in [5.41, 5.74) is 1.74. The van der Waals surface area contributed by atoms with Crippen molar-refractivity contribution in [2.24, 2.45) is 4.99 Å². The Bertz CT molecular complexity index is 622. The fraction of sp³-hybridized carbons (Fsp3) is 0.235. The maximum atomic E-state index is 9.58. The van der Waals surface area contributed by atoms with Gasteiger partial charge >= 0.3 is 29.6 Å².